The zero-order chi connectivity index (χ0) is 48.6. The van der Waals surface area contributed by atoms with E-state index in [1.54, 1.807) is 0 Å². The van der Waals surface area contributed by atoms with Gasteiger partial charge in [-0.3, -0.25) is 14.4 Å². The van der Waals surface area contributed by atoms with Gasteiger partial charge in [0.2, 0.25) is 0 Å². The van der Waals surface area contributed by atoms with Gasteiger partial charge in [0.15, 0.2) is 6.10 Å². The number of hydrogen-bond donors (Lipinski definition) is 0. The van der Waals surface area contributed by atoms with Crippen molar-refractivity contribution in [2.75, 3.05) is 13.2 Å². The summed E-state index contributed by atoms with van der Waals surface area (Å²) in [6.07, 6.45) is 73.7. The number of unbranched alkanes of at least 4 members (excludes halogenated alkanes) is 19. The van der Waals surface area contributed by atoms with Crippen molar-refractivity contribution in [1.82, 2.24) is 0 Å². The van der Waals surface area contributed by atoms with Crippen molar-refractivity contribution in [2.45, 2.75) is 245 Å². The van der Waals surface area contributed by atoms with Crippen LogP contribution in [0.2, 0.25) is 0 Å². The third kappa shape index (κ3) is 52.9. The maximum absolute atomic E-state index is 12.8. The van der Waals surface area contributed by atoms with Gasteiger partial charge >= 0.3 is 17.9 Å². The number of hydrogen-bond acceptors (Lipinski definition) is 6. The van der Waals surface area contributed by atoms with Gasteiger partial charge in [0.05, 0.1) is 0 Å². The van der Waals surface area contributed by atoms with Crippen LogP contribution >= 0.6 is 0 Å². The molecule has 0 rings (SSSR count). The lowest BCUT2D eigenvalue weighted by atomic mass is 10.1. The van der Waals surface area contributed by atoms with Crippen molar-refractivity contribution in [1.29, 1.82) is 0 Å². The summed E-state index contributed by atoms with van der Waals surface area (Å²) in [6, 6.07) is 0. The smallest absolute Gasteiger partial charge is 0.306 e. The van der Waals surface area contributed by atoms with Crippen LogP contribution in [0.1, 0.15) is 239 Å². The van der Waals surface area contributed by atoms with Gasteiger partial charge in [0.25, 0.3) is 0 Å². The normalized spacial score (nSPS) is 12.9. The summed E-state index contributed by atoms with van der Waals surface area (Å²) in [5.74, 6) is -0.955. The van der Waals surface area contributed by atoms with Crippen LogP contribution in [0.3, 0.4) is 0 Å². The molecule has 0 aromatic heterocycles. The average molecular weight is 929 g/mol. The maximum Gasteiger partial charge on any atom is 0.306 e. The lowest BCUT2D eigenvalue weighted by Crippen LogP contribution is -2.30. The predicted octanol–water partition coefficient (Wildman–Crippen LogP) is 18.3. The van der Waals surface area contributed by atoms with Gasteiger partial charge in [-0.2, -0.15) is 0 Å². The van der Waals surface area contributed by atoms with Gasteiger partial charge in [-0.05, 0) is 109 Å². The predicted molar refractivity (Wildman–Crippen MR) is 288 cm³/mol. The Morgan fingerprint density at radius 2 is 0.582 bits per heavy atom. The fourth-order valence-corrected chi connectivity index (χ4v) is 7.16. The number of carbonyl (C=O) groups excluding carboxylic acids is 3. The Morgan fingerprint density at radius 3 is 0.985 bits per heavy atom. The van der Waals surface area contributed by atoms with E-state index in [9.17, 15) is 14.4 Å². The van der Waals surface area contributed by atoms with E-state index in [4.69, 9.17) is 14.2 Å². The number of esters is 3. The van der Waals surface area contributed by atoms with Crippen molar-refractivity contribution in [3.63, 3.8) is 0 Å². The molecule has 0 aromatic carbocycles. The van der Waals surface area contributed by atoms with Gasteiger partial charge in [-0.25, -0.2) is 0 Å². The van der Waals surface area contributed by atoms with Crippen LogP contribution in [0.5, 0.6) is 0 Å². The molecular formula is C61H100O6. The zero-order valence-electron chi connectivity index (χ0n) is 43.4. The molecule has 0 saturated carbocycles. The SMILES string of the molecule is CC/C=C\C/C=C\C/C=C\C/C=C\C/C=C\C/C=C\C/C=C\C/C=C\CCCCC(=O)OCC(COC(=O)CCCCCCCCCCCC)OC(=O)CCCCCCC/C=C\CCCCC. The first-order valence-electron chi connectivity index (χ1n) is 27.4. The van der Waals surface area contributed by atoms with Crippen LogP contribution in [0.25, 0.3) is 0 Å². The van der Waals surface area contributed by atoms with Gasteiger partial charge in [-0.1, -0.05) is 220 Å². The second kappa shape index (κ2) is 54.7. The number of allylic oxidation sites excluding steroid dienone is 18. The molecule has 0 aliphatic heterocycles. The van der Waals surface area contributed by atoms with Gasteiger partial charge in [-0.15, -0.1) is 0 Å². The van der Waals surface area contributed by atoms with Crippen LogP contribution in [-0.4, -0.2) is 37.2 Å². The van der Waals surface area contributed by atoms with Crippen LogP contribution in [-0.2, 0) is 28.6 Å². The Bertz CT molecular complexity index is 1390. The molecule has 1 unspecified atom stereocenters. The quantitative estimate of drug-likeness (QED) is 0.0262. The van der Waals surface area contributed by atoms with Crippen LogP contribution in [0.15, 0.2) is 109 Å². The monoisotopic (exact) mass is 929 g/mol. The van der Waals surface area contributed by atoms with Gasteiger partial charge in [0, 0.05) is 19.3 Å². The summed E-state index contributed by atoms with van der Waals surface area (Å²) in [5, 5.41) is 0. The number of ether oxygens (including phenoxy) is 3. The van der Waals surface area contributed by atoms with Crippen LogP contribution in [0, 0.1) is 0 Å². The molecule has 0 aromatic rings. The fourth-order valence-electron chi connectivity index (χ4n) is 7.16. The average Bonchev–Trinajstić information content (AvgIpc) is 3.33. The van der Waals surface area contributed by atoms with Crippen LogP contribution in [0.4, 0.5) is 0 Å². The van der Waals surface area contributed by atoms with Gasteiger partial charge < -0.3 is 14.2 Å². The molecule has 0 heterocycles. The summed E-state index contributed by atoms with van der Waals surface area (Å²) in [4.78, 5) is 37.9. The Morgan fingerprint density at radius 1 is 0.313 bits per heavy atom. The van der Waals surface area contributed by atoms with E-state index in [-0.39, 0.29) is 31.1 Å². The van der Waals surface area contributed by atoms with E-state index in [0.717, 1.165) is 122 Å². The Hall–Kier alpha value is -3.93. The molecule has 1 atom stereocenters. The third-order valence-electron chi connectivity index (χ3n) is 11.3. The first-order chi connectivity index (χ1) is 33.0. The Kier molecular flexibility index (Phi) is 51.5. The fraction of sp³-hybridized carbons (Fsp3) is 0.656. The molecule has 0 radical (unpaired) electrons. The first-order valence-corrected chi connectivity index (χ1v) is 27.4. The highest BCUT2D eigenvalue weighted by Gasteiger charge is 2.19. The summed E-state index contributed by atoms with van der Waals surface area (Å²) in [6.45, 7) is 6.43. The molecule has 0 amide bonds. The molecule has 67 heavy (non-hydrogen) atoms. The third-order valence-corrected chi connectivity index (χ3v) is 11.3. The van der Waals surface area contributed by atoms with E-state index in [1.165, 1.54) is 77.0 Å². The van der Waals surface area contributed by atoms with E-state index >= 15 is 0 Å². The Balaban J connectivity index is 4.36. The molecular weight excluding hydrogens is 829 g/mol. The molecule has 0 aliphatic carbocycles. The number of rotatable bonds is 48. The highest BCUT2D eigenvalue weighted by atomic mass is 16.6. The Labute approximate surface area is 412 Å². The number of carbonyl (C=O) groups is 3. The molecule has 0 fully saturated rings. The molecule has 0 bridgehead atoms. The highest BCUT2D eigenvalue weighted by molar-refractivity contribution is 5.71. The highest BCUT2D eigenvalue weighted by Crippen LogP contribution is 2.14. The summed E-state index contributed by atoms with van der Waals surface area (Å²) in [7, 11) is 0. The second-order valence-corrected chi connectivity index (χ2v) is 17.8. The molecule has 0 N–H and O–H groups in total. The topological polar surface area (TPSA) is 78.9 Å². The maximum atomic E-state index is 12.8. The van der Waals surface area contributed by atoms with E-state index < -0.39 is 6.10 Å². The minimum atomic E-state index is -0.799. The largest absolute Gasteiger partial charge is 0.462 e. The zero-order valence-corrected chi connectivity index (χ0v) is 43.4. The molecule has 380 valence electrons. The van der Waals surface area contributed by atoms with Crippen LogP contribution < -0.4 is 0 Å². The van der Waals surface area contributed by atoms with Crippen molar-refractivity contribution in [2.24, 2.45) is 0 Å². The molecule has 0 spiro atoms. The van der Waals surface area contributed by atoms with E-state index in [0.29, 0.717) is 19.3 Å². The van der Waals surface area contributed by atoms with Crippen molar-refractivity contribution >= 4 is 17.9 Å². The van der Waals surface area contributed by atoms with Crippen molar-refractivity contribution < 1.29 is 28.6 Å². The minimum Gasteiger partial charge on any atom is -0.462 e. The van der Waals surface area contributed by atoms with E-state index in [1.807, 2.05) is 0 Å². The minimum absolute atomic E-state index is 0.0950. The molecule has 0 aliphatic rings. The summed E-state index contributed by atoms with van der Waals surface area (Å²) in [5.41, 5.74) is 0. The van der Waals surface area contributed by atoms with E-state index in [2.05, 4.69) is 130 Å². The molecule has 6 heteroatoms. The van der Waals surface area contributed by atoms with Crippen molar-refractivity contribution in [3.8, 4) is 0 Å². The second-order valence-electron chi connectivity index (χ2n) is 17.8. The standard InChI is InChI=1S/C61H100O6/c1-4-7-10-13-16-19-22-24-25-26-27-28-29-30-31-32-33-34-35-36-37-38-40-42-45-48-51-54-60(63)66-57-58(56-65-59(62)53-50-47-44-41-21-18-15-12-9-6-3)67-61(64)55-52-49-46-43-39-23-20-17-14-11-8-5-2/h7,10,16-17,19-20,24-25,27-28,30-31,33-34,36-37,40,42,58H,4-6,8-9,11-15,18,21-23,26,29,32,35,38-39,41,43-57H2,1-3H3/b10-7-,19-16-,20-17-,25-24-,28-27-,31-30-,34-33-,37-36-,42-40-. The van der Waals surface area contributed by atoms with Gasteiger partial charge in [0.1, 0.15) is 13.2 Å². The molecule has 0 saturated heterocycles. The molecule has 6 nitrogen and oxygen atoms in total. The lowest BCUT2D eigenvalue weighted by Gasteiger charge is -2.18. The first kappa shape index (κ1) is 63.1. The van der Waals surface area contributed by atoms with Crippen molar-refractivity contribution in [3.05, 3.63) is 109 Å². The summed E-state index contributed by atoms with van der Waals surface area (Å²) >= 11 is 0. The lowest BCUT2D eigenvalue weighted by molar-refractivity contribution is -0.167. The summed E-state index contributed by atoms with van der Waals surface area (Å²) < 4.78 is 16.7.